The molecule has 59 heavy (non-hydrogen) atoms. The summed E-state index contributed by atoms with van der Waals surface area (Å²) in [6.45, 7) is 12.7. The molecule has 318 valence electrons. The van der Waals surface area contributed by atoms with Crippen molar-refractivity contribution in [2.45, 2.75) is 103 Å². The third-order valence-electron chi connectivity index (χ3n) is 11.3. The van der Waals surface area contributed by atoms with Crippen LogP contribution in [-0.4, -0.2) is 72.7 Å². The van der Waals surface area contributed by atoms with Gasteiger partial charge in [0.15, 0.2) is 11.0 Å². The molecule has 2 aliphatic rings. The highest BCUT2D eigenvalue weighted by atomic mass is 32.2. The lowest BCUT2D eigenvalue weighted by Crippen LogP contribution is -2.55. The fraction of sp³-hybridized carbons (Fsp3) is 0.489. The molecule has 1 aromatic heterocycles. The number of anilines is 2. The molecular formula is C45H55F4N5O4S. The Morgan fingerprint density at radius 2 is 1.53 bits per heavy atom. The number of alkyl halides is 3. The van der Waals surface area contributed by atoms with Gasteiger partial charge in [-0.15, -0.1) is 0 Å². The van der Waals surface area contributed by atoms with E-state index in [1.807, 2.05) is 89.4 Å². The molecule has 9 nitrogen and oxygen atoms in total. The number of ether oxygens (including phenoxy) is 3. The van der Waals surface area contributed by atoms with E-state index in [0.717, 1.165) is 22.5 Å². The Morgan fingerprint density at radius 3 is 2.02 bits per heavy atom. The standard InChI is InChI=1S/C45H55F4N5O4S/c1-10-31-22-35-36(50-42(59-9)51-41(35)54-20-19-52(24-28(54)3)43(55)58-44(4,5)6)23-34(31)38-39(45(47,48)49)27(2)21-37(40(38)46)53(25-29-11-15-32(56-7)16-12-29)26-30-13-17-33(57-8)18-14-30/h11-18,21,28,31,34H,10,19-20,22-26H2,1-9H3/t28-,31?,34?/m0/s1. The summed E-state index contributed by atoms with van der Waals surface area (Å²) in [6.07, 6.45) is -2.32. The van der Waals surface area contributed by atoms with Crippen molar-refractivity contribution in [3.63, 3.8) is 0 Å². The Bertz CT molecular complexity index is 2060. The highest BCUT2D eigenvalue weighted by Gasteiger charge is 2.44. The molecule has 3 atom stereocenters. The molecule has 3 aromatic carbocycles. The molecular weight excluding hydrogens is 783 g/mol. The van der Waals surface area contributed by atoms with E-state index in [-0.39, 0.29) is 54.4 Å². The second kappa shape index (κ2) is 17.9. The predicted octanol–water partition coefficient (Wildman–Crippen LogP) is 10.2. The van der Waals surface area contributed by atoms with Crippen LogP contribution in [0.2, 0.25) is 0 Å². The van der Waals surface area contributed by atoms with Gasteiger partial charge in [-0.25, -0.2) is 19.2 Å². The van der Waals surface area contributed by atoms with Crippen molar-refractivity contribution in [2.75, 3.05) is 49.9 Å². The molecule has 0 saturated carbocycles. The lowest BCUT2D eigenvalue weighted by molar-refractivity contribution is -0.139. The van der Waals surface area contributed by atoms with E-state index in [4.69, 9.17) is 24.2 Å². The molecule has 0 bridgehead atoms. The number of aryl methyl sites for hydroxylation is 1. The largest absolute Gasteiger partial charge is 0.497 e. The maximum atomic E-state index is 17.7. The normalized spacial score (nSPS) is 18.4. The summed E-state index contributed by atoms with van der Waals surface area (Å²) in [5.74, 6) is 0.0104. The molecule has 0 N–H and O–H groups in total. The van der Waals surface area contributed by atoms with Crippen molar-refractivity contribution in [3.05, 3.63) is 99.5 Å². The van der Waals surface area contributed by atoms with Gasteiger partial charge in [-0.3, -0.25) is 0 Å². The van der Waals surface area contributed by atoms with E-state index in [2.05, 4.69) is 4.90 Å². The first kappa shape index (κ1) is 43.8. The number of benzene rings is 3. The first-order chi connectivity index (χ1) is 27.9. The third-order valence-corrected chi connectivity index (χ3v) is 11.8. The van der Waals surface area contributed by atoms with Gasteiger partial charge < -0.3 is 28.9 Å². The van der Waals surface area contributed by atoms with E-state index in [1.54, 1.807) is 24.0 Å². The molecule has 1 amide bonds. The van der Waals surface area contributed by atoms with Gasteiger partial charge in [0.1, 0.15) is 22.9 Å². The van der Waals surface area contributed by atoms with E-state index in [1.165, 1.54) is 24.8 Å². The van der Waals surface area contributed by atoms with Crippen LogP contribution < -0.4 is 19.3 Å². The van der Waals surface area contributed by atoms with Crippen molar-refractivity contribution in [1.29, 1.82) is 0 Å². The smallest absolute Gasteiger partial charge is 0.417 e. The summed E-state index contributed by atoms with van der Waals surface area (Å²) in [6, 6.07) is 16.0. The summed E-state index contributed by atoms with van der Waals surface area (Å²) < 4.78 is 80.0. The molecule has 14 heteroatoms. The molecule has 6 rings (SSSR count). The number of hydrogen-bond acceptors (Lipinski definition) is 9. The third kappa shape index (κ3) is 9.85. The summed E-state index contributed by atoms with van der Waals surface area (Å²) in [4.78, 5) is 28.5. The Morgan fingerprint density at radius 1 is 0.932 bits per heavy atom. The van der Waals surface area contributed by atoms with E-state index >= 15 is 17.6 Å². The predicted molar refractivity (Wildman–Crippen MR) is 224 cm³/mol. The molecule has 1 fully saturated rings. The van der Waals surface area contributed by atoms with Gasteiger partial charge in [0.2, 0.25) is 0 Å². The number of amides is 1. The number of carbonyl (C=O) groups is 1. The van der Waals surface area contributed by atoms with Gasteiger partial charge in [-0.05, 0) is 113 Å². The number of methoxy groups -OCH3 is 2. The lowest BCUT2D eigenvalue weighted by atomic mass is 9.71. The number of piperazine rings is 1. The second-order valence-corrected chi connectivity index (χ2v) is 17.2. The van der Waals surface area contributed by atoms with Gasteiger partial charge in [0.25, 0.3) is 0 Å². The number of hydrogen-bond donors (Lipinski definition) is 0. The van der Waals surface area contributed by atoms with Crippen LogP contribution in [-0.2, 0) is 36.8 Å². The van der Waals surface area contributed by atoms with Gasteiger partial charge in [-0.2, -0.15) is 13.2 Å². The molecule has 1 saturated heterocycles. The van der Waals surface area contributed by atoms with Crippen LogP contribution in [0.3, 0.4) is 0 Å². The van der Waals surface area contributed by atoms with Crippen LogP contribution in [0.5, 0.6) is 11.5 Å². The minimum atomic E-state index is -4.81. The number of nitrogens with zero attached hydrogens (tertiary/aromatic N) is 5. The average molecular weight is 838 g/mol. The zero-order valence-electron chi connectivity index (χ0n) is 35.4. The number of fused-ring (bicyclic) bond motifs is 1. The Hall–Kier alpha value is -4.72. The van der Waals surface area contributed by atoms with E-state index < -0.39 is 29.1 Å². The number of halogens is 4. The minimum absolute atomic E-state index is 0.0381. The van der Waals surface area contributed by atoms with E-state index in [0.29, 0.717) is 54.8 Å². The number of aromatic nitrogens is 2. The van der Waals surface area contributed by atoms with Crippen LogP contribution in [0.1, 0.15) is 86.0 Å². The molecule has 2 heterocycles. The minimum Gasteiger partial charge on any atom is -0.497 e. The Balaban J connectivity index is 1.43. The van der Waals surface area contributed by atoms with Crippen LogP contribution in [0.4, 0.5) is 33.9 Å². The van der Waals surface area contributed by atoms with Crippen molar-refractivity contribution in [1.82, 2.24) is 14.9 Å². The summed E-state index contributed by atoms with van der Waals surface area (Å²) in [5, 5.41) is 0.487. The monoisotopic (exact) mass is 837 g/mol. The SMILES string of the molecule is CCC1Cc2c(nc(SC)nc2N2CCN(C(=O)OC(C)(C)C)C[C@@H]2C)CC1c1c(F)c(N(Cc2ccc(OC)cc2)Cc2ccc(OC)cc2)cc(C)c1C(F)(F)F. The first-order valence-corrected chi connectivity index (χ1v) is 21.3. The summed E-state index contributed by atoms with van der Waals surface area (Å²) >= 11 is 1.35. The van der Waals surface area contributed by atoms with Gasteiger partial charge in [0.05, 0.1) is 31.2 Å². The van der Waals surface area contributed by atoms with Crippen molar-refractivity contribution in [3.8, 4) is 11.5 Å². The second-order valence-electron chi connectivity index (χ2n) is 16.5. The molecule has 0 spiro atoms. The van der Waals surface area contributed by atoms with Crippen LogP contribution in [0.15, 0.2) is 59.8 Å². The zero-order valence-corrected chi connectivity index (χ0v) is 36.2. The summed E-state index contributed by atoms with van der Waals surface area (Å²) in [5.41, 5.74) is 1.36. The molecule has 4 aromatic rings. The molecule has 1 aliphatic heterocycles. The van der Waals surface area contributed by atoms with Gasteiger partial charge in [0, 0.05) is 49.9 Å². The number of rotatable bonds is 11. The maximum absolute atomic E-state index is 17.7. The maximum Gasteiger partial charge on any atom is 0.417 e. The fourth-order valence-corrected chi connectivity index (χ4v) is 8.78. The highest BCUT2D eigenvalue weighted by molar-refractivity contribution is 7.98. The number of carbonyl (C=O) groups excluding carboxylic acids is 1. The van der Waals surface area contributed by atoms with Gasteiger partial charge >= 0.3 is 12.3 Å². The van der Waals surface area contributed by atoms with Gasteiger partial charge in [-0.1, -0.05) is 49.4 Å². The quantitative estimate of drug-likeness (QED) is 0.0833. The molecule has 2 unspecified atom stereocenters. The van der Waals surface area contributed by atoms with Crippen LogP contribution >= 0.6 is 11.8 Å². The molecule has 0 radical (unpaired) electrons. The fourth-order valence-electron chi connectivity index (χ4n) is 8.40. The summed E-state index contributed by atoms with van der Waals surface area (Å²) in [7, 11) is 3.15. The Labute approximate surface area is 349 Å². The first-order valence-electron chi connectivity index (χ1n) is 20.0. The van der Waals surface area contributed by atoms with E-state index in [9.17, 15) is 4.79 Å². The zero-order chi connectivity index (χ0) is 42.8. The Kier molecular flexibility index (Phi) is 13.3. The highest BCUT2D eigenvalue weighted by Crippen LogP contribution is 2.49. The topological polar surface area (TPSA) is 80.3 Å². The van der Waals surface area contributed by atoms with Crippen molar-refractivity contribution in [2.24, 2.45) is 5.92 Å². The number of thioether (sulfide) groups is 1. The lowest BCUT2D eigenvalue weighted by Gasteiger charge is -2.43. The van der Waals surface area contributed by atoms with Crippen LogP contribution in [0, 0.1) is 18.7 Å². The van der Waals surface area contributed by atoms with Crippen molar-refractivity contribution >= 4 is 29.4 Å². The molecule has 1 aliphatic carbocycles. The average Bonchev–Trinajstić information content (AvgIpc) is 3.19. The van der Waals surface area contributed by atoms with Crippen LogP contribution in [0.25, 0.3) is 0 Å². The van der Waals surface area contributed by atoms with Crippen molar-refractivity contribution < 1.29 is 36.6 Å².